The van der Waals surface area contributed by atoms with Crippen molar-refractivity contribution in [3.63, 3.8) is 0 Å². The van der Waals surface area contributed by atoms with Crippen molar-refractivity contribution in [3.8, 4) is 0 Å². The van der Waals surface area contributed by atoms with E-state index in [2.05, 4.69) is 39.3 Å². The van der Waals surface area contributed by atoms with E-state index in [9.17, 15) is 4.79 Å². The number of carbonyl (C=O) groups is 1. The zero-order valence-electron chi connectivity index (χ0n) is 15.6. The van der Waals surface area contributed by atoms with E-state index in [0.29, 0.717) is 23.5 Å². The summed E-state index contributed by atoms with van der Waals surface area (Å²) < 4.78 is 6.77. The molecule has 8 nitrogen and oxygen atoms in total. The van der Waals surface area contributed by atoms with Crippen molar-refractivity contribution in [3.05, 3.63) is 46.7 Å². The van der Waals surface area contributed by atoms with Gasteiger partial charge in [-0.05, 0) is 26.9 Å². The van der Waals surface area contributed by atoms with Crippen LogP contribution in [0.25, 0.3) is 5.65 Å². The van der Waals surface area contributed by atoms with E-state index >= 15 is 0 Å². The molecule has 0 saturated carbocycles. The number of hydrogen-bond acceptors (Lipinski definition) is 6. The van der Waals surface area contributed by atoms with Gasteiger partial charge in [-0.3, -0.25) is 9.69 Å². The smallest absolute Gasteiger partial charge is 0.257 e. The quantitative estimate of drug-likeness (QED) is 0.697. The molecule has 3 aromatic heterocycles. The van der Waals surface area contributed by atoms with E-state index in [1.807, 2.05) is 20.0 Å². The number of carbonyl (C=O) groups excluding carboxylic acids is 1. The molecule has 8 heteroatoms. The number of nitrogens with one attached hydrogen (secondary N) is 1. The average Bonchev–Trinajstić information content (AvgIpc) is 3.20. The summed E-state index contributed by atoms with van der Waals surface area (Å²) in [6, 6.07) is 0. The van der Waals surface area contributed by atoms with Gasteiger partial charge in [0.2, 0.25) is 0 Å². The minimum atomic E-state index is -0.219. The fraction of sp³-hybridized carbons (Fsp3) is 0.444. The van der Waals surface area contributed by atoms with Crippen LogP contribution in [0.5, 0.6) is 0 Å². The molecule has 0 bridgehead atoms. The maximum absolute atomic E-state index is 12.5. The summed E-state index contributed by atoms with van der Waals surface area (Å²) in [5.74, 6) is 0.492. The third-order valence-corrected chi connectivity index (χ3v) is 4.56. The van der Waals surface area contributed by atoms with Crippen molar-refractivity contribution >= 4 is 11.6 Å². The largest absolute Gasteiger partial charge is 0.361 e. The molecule has 0 aliphatic rings. The topological polar surface area (TPSA) is 88.6 Å². The fourth-order valence-electron chi connectivity index (χ4n) is 2.88. The summed E-state index contributed by atoms with van der Waals surface area (Å²) >= 11 is 0. The first-order chi connectivity index (χ1) is 12.5. The number of amides is 1. The van der Waals surface area contributed by atoms with Gasteiger partial charge in [-0.25, -0.2) is 9.50 Å². The Bertz CT molecular complexity index is 890. The summed E-state index contributed by atoms with van der Waals surface area (Å²) in [7, 11) is 0. The third kappa shape index (κ3) is 3.60. The zero-order chi connectivity index (χ0) is 18.7. The molecule has 3 heterocycles. The van der Waals surface area contributed by atoms with E-state index < -0.39 is 0 Å². The van der Waals surface area contributed by atoms with E-state index in [-0.39, 0.29) is 5.91 Å². The molecule has 3 rings (SSSR count). The monoisotopic (exact) mass is 356 g/mol. The Morgan fingerprint density at radius 1 is 1.27 bits per heavy atom. The van der Waals surface area contributed by atoms with Crippen LogP contribution >= 0.6 is 0 Å². The molecule has 3 aromatic rings. The minimum Gasteiger partial charge on any atom is -0.361 e. The number of rotatable bonds is 7. The van der Waals surface area contributed by atoms with Crippen LogP contribution in [0.15, 0.2) is 23.1 Å². The van der Waals surface area contributed by atoms with Gasteiger partial charge >= 0.3 is 0 Å². The van der Waals surface area contributed by atoms with Gasteiger partial charge < -0.3 is 9.84 Å². The molecule has 0 spiro atoms. The molecule has 138 valence electrons. The van der Waals surface area contributed by atoms with Gasteiger partial charge in [0.05, 0.1) is 11.9 Å². The van der Waals surface area contributed by atoms with Gasteiger partial charge in [-0.1, -0.05) is 19.0 Å². The summed E-state index contributed by atoms with van der Waals surface area (Å²) in [5, 5.41) is 11.1. The number of nitrogens with zero attached hydrogens (tertiary/aromatic N) is 5. The number of aryl methyl sites for hydroxylation is 2. The predicted octanol–water partition coefficient (Wildman–Crippen LogP) is 2.11. The predicted molar refractivity (Wildman–Crippen MR) is 96.8 cm³/mol. The Hall–Kier alpha value is -2.74. The van der Waals surface area contributed by atoms with Crippen molar-refractivity contribution in [1.29, 1.82) is 0 Å². The van der Waals surface area contributed by atoms with Gasteiger partial charge in [0, 0.05) is 36.6 Å². The molecule has 0 aliphatic carbocycles. The normalized spacial score (nSPS) is 11.4. The first kappa shape index (κ1) is 18.1. The maximum atomic E-state index is 12.5. The summed E-state index contributed by atoms with van der Waals surface area (Å²) in [6.07, 6.45) is 5.28. The molecule has 1 amide bonds. The van der Waals surface area contributed by atoms with E-state index in [1.54, 1.807) is 16.9 Å². The van der Waals surface area contributed by atoms with Crippen LogP contribution in [0.4, 0.5) is 0 Å². The van der Waals surface area contributed by atoms with Crippen LogP contribution in [-0.2, 0) is 13.1 Å². The lowest BCUT2D eigenvalue weighted by Crippen LogP contribution is -2.23. The van der Waals surface area contributed by atoms with Crippen molar-refractivity contribution in [2.75, 3.05) is 13.1 Å². The molecule has 1 N–H and O–H groups in total. The molecule has 0 unspecified atom stereocenters. The lowest BCUT2D eigenvalue weighted by Gasteiger charge is -2.17. The Labute approximate surface area is 152 Å². The van der Waals surface area contributed by atoms with Crippen molar-refractivity contribution in [2.45, 2.75) is 40.8 Å². The molecule has 26 heavy (non-hydrogen) atoms. The van der Waals surface area contributed by atoms with E-state index in [4.69, 9.17) is 4.52 Å². The molecular weight excluding hydrogens is 332 g/mol. The highest BCUT2D eigenvalue weighted by Crippen LogP contribution is 2.13. The molecule has 0 aromatic carbocycles. The molecule has 0 saturated heterocycles. The molecule has 0 fully saturated rings. The van der Waals surface area contributed by atoms with Crippen molar-refractivity contribution in [2.24, 2.45) is 0 Å². The summed E-state index contributed by atoms with van der Waals surface area (Å²) in [5.41, 5.74) is 3.73. The molecule has 0 aliphatic heterocycles. The highest BCUT2D eigenvalue weighted by molar-refractivity contribution is 5.99. The molecule has 0 atom stereocenters. The number of hydrogen-bond donors (Lipinski definition) is 1. The summed E-state index contributed by atoms with van der Waals surface area (Å²) in [6.45, 7) is 11.1. The minimum absolute atomic E-state index is 0.219. The van der Waals surface area contributed by atoms with Crippen molar-refractivity contribution in [1.82, 2.24) is 30.0 Å². The van der Waals surface area contributed by atoms with Crippen LogP contribution in [0, 0.1) is 13.8 Å². The second-order valence-electron chi connectivity index (χ2n) is 6.24. The standard InChI is InChI=1S/C18H24N6O2/c1-5-23(6-2)10-14-7-19-17-16(9-21-24(17)11-14)18(25)20-8-15-12(3)22-26-13(15)4/h7,9,11H,5-6,8,10H2,1-4H3,(H,20,25). The van der Waals surface area contributed by atoms with Crippen LogP contribution in [-0.4, -0.2) is 43.7 Å². The Kier molecular flexibility index (Phi) is 5.32. The SMILES string of the molecule is CCN(CC)Cc1cnc2c(C(=O)NCc3c(C)noc3C)cnn2c1. The van der Waals surface area contributed by atoms with Gasteiger partial charge in [0.25, 0.3) is 5.91 Å². The van der Waals surface area contributed by atoms with E-state index in [0.717, 1.165) is 36.5 Å². The van der Waals surface area contributed by atoms with Gasteiger partial charge in [-0.2, -0.15) is 5.10 Å². The average molecular weight is 356 g/mol. The lowest BCUT2D eigenvalue weighted by atomic mass is 10.2. The number of aromatic nitrogens is 4. The molecule has 0 radical (unpaired) electrons. The van der Waals surface area contributed by atoms with Crippen LogP contribution in [0.1, 0.15) is 46.8 Å². The number of fused-ring (bicyclic) bond motifs is 1. The Balaban J connectivity index is 1.75. The van der Waals surface area contributed by atoms with Crippen LogP contribution in [0.3, 0.4) is 0 Å². The molecular formula is C18H24N6O2. The maximum Gasteiger partial charge on any atom is 0.257 e. The van der Waals surface area contributed by atoms with Gasteiger partial charge in [0.15, 0.2) is 5.65 Å². The van der Waals surface area contributed by atoms with Crippen LogP contribution < -0.4 is 5.32 Å². The van der Waals surface area contributed by atoms with E-state index in [1.165, 1.54) is 0 Å². The lowest BCUT2D eigenvalue weighted by molar-refractivity contribution is 0.0952. The second-order valence-corrected chi connectivity index (χ2v) is 6.24. The zero-order valence-corrected chi connectivity index (χ0v) is 15.6. The first-order valence-corrected chi connectivity index (χ1v) is 8.78. The van der Waals surface area contributed by atoms with Crippen molar-refractivity contribution < 1.29 is 9.32 Å². The highest BCUT2D eigenvalue weighted by Gasteiger charge is 2.16. The fourth-order valence-corrected chi connectivity index (χ4v) is 2.88. The second kappa shape index (κ2) is 7.65. The van der Waals surface area contributed by atoms with Crippen LogP contribution in [0.2, 0.25) is 0 Å². The highest BCUT2D eigenvalue weighted by atomic mass is 16.5. The first-order valence-electron chi connectivity index (χ1n) is 8.78. The summed E-state index contributed by atoms with van der Waals surface area (Å²) in [4.78, 5) is 19.3. The third-order valence-electron chi connectivity index (χ3n) is 4.56. The van der Waals surface area contributed by atoms with Gasteiger partial charge in [-0.15, -0.1) is 0 Å². The Morgan fingerprint density at radius 3 is 2.69 bits per heavy atom. The van der Waals surface area contributed by atoms with Gasteiger partial charge in [0.1, 0.15) is 11.3 Å². The Morgan fingerprint density at radius 2 is 2.04 bits per heavy atom.